The highest BCUT2D eigenvalue weighted by Crippen LogP contribution is 2.36. The Labute approximate surface area is 100 Å². The summed E-state index contributed by atoms with van der Waals surface area (Å²) in [6.45, 7) is 4.55. The second kappa shape index (κ2) is 7.29. The summed E-state index contributed by atoms with van der Waals surface area (Å²) in [5.74, 6) is 0. The fourth-order valence-corrected chi connectivity index (χ4v) is 2.66. The van der Waals surface area contributed by atoms with E-state index in [4.69, 9.17) is 4.74 Å². The van der Waals surface area contributed by atoms with Gasteiger partial charge in [0, 0.05) is 0 Å². The van der Waals surface area contributed by atoms with E-state index in [1.54, 1.807) is 0 Å². The van der Waals surface area contributed by atoms with Crippen molar-refractivity contribution in [3.05, 3.63) is 0 Å². The number of rotatable bonds is 7. The minimum atomic E-state index is -0.329. The van der Waals surface area contributed by atoms with Gasteiger partial charge < -0.3 is 9.84 Å². The number of ether oxygens (including phenoxy) is 1. The molecular weight excluding hydrogens is 200 g/mol. The molecule has 0 aromatic heterocycles. The Morgan fingerprint density at radius 2 is 1.88 bits per heavy atom. The summed E-state index contributed by atoms with van der Waals surface area (Å²) < 4.78 is 6.03. The van der Waals surface area contributed by atoms with Crippen molar-refractivity contribution < 1.29 is 9.84 Å². The summed E-state index contributed by atoms with van der Waals surface area (Å²) in [7, 11) is 0. The Bertz CT molecular complexity index is 172. The van der Waals surface area contributed by atoms with Crippen molar-refractivity contribution in [1.29, 1.82) is 0 Å². The first-order valence-corrected chi connectivity index (χ1v) is 7.00. The number of aliphatic hydroxyl groups excluding tert-OH is 1. The average molecular weight is 228 g/mol. The van der Waals surface area contributed by atoms with Crippen LogP contribution in [0.2, 0.25) is 0 Å². The molecule has 0 heterocycles. The van der Waals surface area contributed by atoms with Gasteiger partial charge in [0.15, 0.2) is 0 Å². The Hall–Kier alpha value is -0.0800. The monoisotopic (exact) mass is 228 g/mol. The molecule has 0 amide bonds. The molecule has 1 saturated carbocycles. The molecule has 0 aromatic rings. The summed E-state index contributed by atoms with van der Waals surface area (Å²) in [4.78, 5) is 0. The predicted molar refractivity (Wildman–Crippen MR) is 67.6 cm³/mol. The van der Waals surface area contributed by atoms with Crippen LogP contribution in [0.25, 0.3) is 0 Å². The molecule has 1 N–H and O–H groups in total. The van der Waals surface area contributed by atoms with Crippen LogP contribution in [0.15, 0.2) is 0 Å². The molecule has 1 rings (SSSR count). The lowest BCUT2D eigenvalue weighted by atomic mass is 9.81. The van der Waals surface area contributed by atoms with Gasteiger partial charge in [-0.15, -0.1) is 0 Å². The third kappa shape index (κ3) is 4.84. The van der Waals surface area contributed by atoms with Crippen molar-refractivity contribution in [2.24, 2.45) is 0 Å². The highest BCUT2D eigenvalue weighted by Gasteiger charge is 2.32. The van der Waals surface area contributed by atoms with Crippen LogP contribution in [0.4, 0.5) is 0 Å². The fourth-order valence-electron chi connectivity index (χ4n) is 2.66. The first-order chi connectivity index (χ1) is 7.68. The maximum atomic E-state index is 9.34. The number of unbranched alkanes of at least 4 members (excludes halogenated alkanes) is 2. The van der Waals surface area contributed by atoms with Crippen molar-refractivity contribution in [1.82, 2.24) is 0 Å². The van der Waals surface area contributed by atoms with Gasteiger partial charge in [-0.1, -0.05) is 45.4 Å². The zero-order chi connectivity index (χ0) is 11.9. The van der Waals surface area contributed by atoms with E-state index in [9.17, 15) is 5.11 Å². The number of hydrogen-bond donors (Lipinski definition) is 1. The van der Waals surface area contributed by atoms with Gasteiger partial charge in [-0.3, -0.25) is 0 Å². The largest absolute Gasteiger partial charge is 0.391 e. The zero-order valence-corrected chi connectivity index (χ0v) is 11.0. The van der Waals surface area contributed by atoms with E-state index in [2.05, 4.69) is 6.92 Å². The Morgan fingerprint density at radius 3 is 2.44 bits per heavy atom. The van der Waals surface area contributed by atoms with E-state index in [1.807, 2.05) is 6.92 Å². The molecule has 96 valence electrons. The molecule has 0 radical (unpaired) electrons. The van der Waals surface area contributed by atoms with E-state index >= 15 is 0 Å². The lowest BCUT2D eigenvalue weighted by Gasteiger charge is -2.38. The molecule has 16 heavy (non-hydrogen) atoms. The van der Waals surface area contributed by atoms with Crippen molar-refractivity contribution in [3.63, 3.8) is 0 Å². The van der Waals surface area contributed by atoms with E-state index in [0.29, 0.717) is 6.61 Å². The third-order valence-corrected chi connectivity index (χ3v) is 3.63. The van der Waals surface area contributed by atoms with Crippen LogP contribution >= 0.6 is 0 Å². The van der Waals surface area contributed by atoms with Crippen molar-refractivity contribution in [3.8, 4) is 0 Å². The fraction of sp³-hybridized carbons (Fsp3) is 1.00. The van der Waals surface area contributed by atoms with Gasteiger partial charge >= 0.3 is 0 Å². The van der Waals surface area contributed by atoms with E-state index in [-0.39, 0.29) is 11.7 Å². The number of aliphatic hydroxyl groups is 1. The molecule has 1 fully saturated rings. The van der Waals surface area contributed by atoms with Crippen molar-refractivity contribution in [2.45, 2.75) is 83.3 Å². The summed E-state index contributed by atoms with van der Waals surface area (Å²) in [5.41, 5.74) is 0.102. The van der Waals surface area contributed by atoms with Crippen LogP contribution in [0, 0.1) is 0 Å². The second-order valence-corrected chi connectivity index (χ2v) is 5.36. The zero-order valence-electron chi connectivity index (χ0n) is 11.0. The summed E-state index contributed by atoms with van der Waals surface area (Å²) in [5, 5.41) is 9.34. The highest BCUT2D eigenvalue weighted by atomic mass is 16.5. The topological polar surface area (TPSA) is 29.5 Å². The van der Waals surface area contributed by atoms with Crippen LogP contribution in [0.1, 0.15) is 71.6 Å². The first kappa shape index (κ1) is 14.0. The van der Waals surface area contributed by atoms with Gasteiger partial charge in [-0.2, -0.15) is 0 Å². The van der Waals surface area contributed by atoms with Gasteiger partial charge in [-0.25, -0.2) is 0 Å². The molecule has 2 heteroatoms. The summed E-state index contributed by atoms with van der Waals surface area (Å²) >= 11 is 0. The summed E-state index contributed by atoms with van der Waals surface area (Å²) in [6, 6.07) is 0. The SMILES string of the molecule is CCCCCC1(OCC(C)O)CCCCC1. The minimum absolute atomic E-state index is 0.102. The molecule has 0 aliphatic heterocycles. The maximum absolute atomic E-state index is 9.34. The predicted octanol–water partition coefficient (Wildman–Crippen LogP) is 3.67. The van der Waals surface area contributed by atoms with E-state index < -0.39 is 0 Å². The van der Waals surface area contributed by atoms with Crippen LogP contribution in [-0.2, 0) is 4.74 Å². The summed E-state index contributed by atoms with van der Waals surface area (Å²) in [6.07, 6.45) is 11.1. The van der Waals surface area contributed by atoms with Gasteiger partial charge in [0.2, 0.25) is 0 Å². The third-order valence-electron chi connectivity index (χ3n) is 3.63. The molecule has 0 spiro atoms. The first-order valence-electron chi connectivity index (χ1n) is 7.00. The standard InChI is InChI=1S/C14H28O2/c1-3-4-6-9-14(16-12-13(2)15)10-7-5-8-11-14/h13,15H,3-12H2,1-2H3. The van der Waals surface area contributed by atoms with E-state index in [0.717, 1.165) is 0 Å². The van der Waals surface area contributed by atoms with Gasteiger partial charge in [-0.05, 0) is 26.2 Å². The van der Waals surface area contributed by atoms with Crippen LogP contribution in [0.5, 0.6) is 0 Å². The molecule has 1 atom stereocenters. The molecule has 1 aliphatic rings. The molecule has 1 unspecified atom stereocenters. The lowest BCUT2D eigenvalue weighted by molar-refractivity contribution is -0.101. The Kier molecular flexibility index (Phi) is 6.37. The molecular formula is C14H28O2. The average Bonchev–Trinajstić information content (AvgIpc) is 2.28. The van der Waals surface area contributed by atoms with Crippen molar-refractivity contribution >= 4 is 0 Å². The smallest absolute Gasteiger partial charge is 0.0745 e. The minimum Gasteiger partial charge on any atom is -0.391 e. The van der Waals surface area contributed by atoms with Crippen LogP contribution in [-0.4, -0.2) is 23.4 Å². The maximum Gasteiger partial charge on any atom is 0.0745 e. The van der Waals surface area contributed by atoms with Gasteiger partial charge in [0.25, 0.3) is 0 Å². The van der Waals surface area contributed by atoms with Gasteiger partial charge in [0.1, 0.15) is 0 Å². The van der Waals surface area contributed by atoms with Crippen LogP contribution < -0.4 is 0 Å². The normalized spacial score (nSPS) is 21.9. The number of hydrogen-bond acceptors (Lipinski definition) is 2. The van der Waals surface area contributed by atoms with Crippen LogP contribution in [0.3, 0.4) is 0 Å². The Balaban J connectivity index is 2.39. The van der Waals surface area contributed by atoms with Crippen molar-refractivity contribution in [2.75, 3.05) is 6.61 Å². The van der Waals surface area contributed by atoms with E-state index in [1.165, 1.54) is 57.8 Å². The lowest BCUT2D eigenvalue weighted by Crippen LogP contribution is -2.37. The molecule has 1 aliphatic carbocycles. The molecule has 2 nitrogen and oxygen atoms in total. The second-order valence-electron chi connectivity index (χ2n) is 5.36. The quantitative estimate of drug-likeness (QED) is 0.674. The molecule has 0 bridgehead atoms. The molecule has 0 aromatic carbocycles. The Morgan fingerprint density at radius 1 is 1.19 bits per heavy atom. The van der Waals surface area contributed by atoms with Gasteiger partial charge in [0.05, 0.1) is 18.3 Å². The highest BCUT2D eigenvalue weighted by molar-refractivity contribution is 4.84. The molecule has 0 saturated heterocycles.